The van der Waals surface area contributed by atoms with E-state index in [0.717, 1.165) is 38.5 Å². The number of hydrogen-bond acceptors (Lipinski definition) is 6. The van der Waals surface area contributed by atoms with E-state index in [0.29, 0.717) is 17.4 Å². The highest BCUT2D eigenvalue weighted by Crippen LogP contribution is 2.38. The zero-order chi connectivity index (χ0) is 52.0. The highest BCUT2D eigenvalue weighted by Gasteiger charge is 2.23. The van der Waals surface area contributed by atoms with Crippen LogP contribution in [-0.4, -0.2) is 68.5 Å². The Balaban J connectivity index is 4.08. The van der Waals surface area contributed by atoms with Crippen LogP contribution in [0.2, 0.25) is 0 Å². The van der Waals surface area contributed by atoms with Gasteiger partial charge in [-0.3, -0.25) is 9.36 Å². The minimum atomic E-state index is -4.60. The number of nitrogens with one attached hydrogen (secondary N) is 1. The molecule has 0 spiro atoms. The van der Waals surface area contributed by atoms with Gasteiger partial charge in [-0.15, -0.1) is 0 Å². The molecule has 9 heteroatoms. The molecule has 0 aliphatic carbocycles. The zero-order valence-corrected chi connectivity index (χ0v) is 49.1. The van der Waals surface area contributed by atoms with Crippen LogP contribution in [0.5, 0.6) is 0 Å². The number of aliphatic hydroxyl groups excluding tert-OH is 1. The van der Waals surface area contributed by atoms with Crippen molar-refractivity contribution in [3.8, 4) is 0 Å². The second-order valence-electron chi connectivity index (χ2n) is 22.8. The molecule has 0 aliphatic rings. The van der Waals surface area contributed by atoms with Crippen LogP contribution in [0, 0.1) is 0 Å². The number of phosphoric ester groups is 1. The number of unbranched alkanes of at least 4 members (excludes halogenated alkanes) is 43. The van der Waals surface area contributed by atoms with Crippen molar-refractivity contribution in [3.05, 3.63) is 24.3 Å². The van der Waals surface area contributed by atoms with Gasteiger partial charge in [0.25, 0.3) is 7.82 Å². The molecule has 0 aromatic rings. The quantitative estimate of drug-likeness (QED) is 0.0272. The third-order valence-electron chi connectivity index (χ3n) is 14.4. The normalized spacial score (nSPS) is 14.0. The van der Waals surface area contributed by atoms with Crippen molar-refractivity contribution < 1.29 is 32.9 Å². The van der Waals surface area contributed by atoms with E-state index in [9.17, 15) is 19.4 Å². The van der Waals surface area contributed by atoms with Crippen LogP contribution in [-0.2, 0) is 18.4 Å². The van der Waals surface area contributed by atoms with Gasteiger partial charge in [-0.1, -0.05) is 289 Å². The van der Waals surface area contributed by atoms with Crippen LogP contribution in [0.15, 0.2) is 24.3 Å². The van der Waals surface area contributed by atoms with Crippen LogP contribution in [0.4, 0.5) is 0 Å². The molecule has 0 aliphatic heterocycles. The lowest BCUT2D eigenvalue weighted by Crippen LogP contribution is -2.45. The summed E-state index contributed by atoms with van der Waals surface area (Å²) in [7, 11) is 1.27. The molecule has 0 aromatic carbocycles. The van der Waals surface area contributed by atoms with E-state index in [1.54, 1.807) is 6.08 Å². The number of carbonyl (C=O) groups excluding carboxylic acids is 1. The molecule has 422 valence electrons. The summed E-state index contributed by atoms with van der Waals surface area (Å²) in [4.78, 5) is 25.5. The topological polar surface area (TPSA) is 108 Å². The van der Waals surface area contributed by atoms with Crippen LogP contribution >= 0.6 is 7.82 Å². The Morgan fingerprint density at radius 1 is 0.479 bits per heavy atom. The maximum atomic E-state index is 13.0. The number of hydrogen-bond donors (Lipinski definition) is 2. The smallest absolute Gasteiger partial charge is 0.268 e. The van der Waals surface area contributed by atoms with Crippen molar-refractivity contribution in [2.45, 2.75) is 328 Å². The monoisotopic (exact) mass is 1020 g/mol. The molecule has 0 saturated carbocycles. The Kier molecular flexibility index (Phi) is 53.0. The standard InChI is InChI=1S/C62H123N2O6P/c1-6-8-10-12-14-16-18-20-22-24-26-27-28-29-30-31-32-33-34-35-36-37-38-39-41-43-45-47-49-51-53-55-61(65)60(59-70-71(67,68)69-58-57-64(3,4)5)63-62(66)56-54-52-50-48-46-44-42-40-25-23-21-19-17-15-13-11-9-7-2/h23,25,53,55,60-61,65H,6-22,24,26-52,54,56-59H2,1-5H3,(H-,63,66,67,68)/b25-23-,55-53+. The molecule has 3 atom stereocenters. The number of quaternary nitrogens is 1. The lowest BCUT2D eigenvalue weighted by Gasteiger charge is -2.29. The van der Waals surface area contributed by atoms with Gasteiger partial charge in [-0.05, 0) is 44.9 Å². The highest BCUT2D eigenvalue weighted by molar-refractivity contribution is 7.45. The number of aliphatic hydroxyl groups is 1. The summed E-state index contributed by atoms with van der Waals surface area (Å²) in [6, 6.07) is -0.888. The van der Waals surface area contributed by atoms with E-state index in [-0.39, 0.29) is 19.1 Å². The maximum absolute atomic E-state index is 13.0. The van der Waals surface area contributed by atoms with Crippen molar-refractivity contribution in [2.75, 3.05) is 40.9 Å². The first-order valence-corrected chi connectivity index (χ1v) is 32.7. The lowest BCUT2D eigenvalue weighted by atomic mass is 10.0. The molecule has 0 saturated heterocycles. The van der Waals surface area contributed by atoms with Gasteiger partial charge in [0.2, 0.25) is 5.91 Å². The molecule has 71 heavy (non-hydrogen) atoms. The van der Waals surface area contributed by atoms with E-state index in [1.165, 1.54) is 257 Å². The molecule has 2 N–H and O–H groups in total. The fourth-order valence-electron chi connectivity index (χ4n) is 9.50. The number of allylic oxidation sites excluding steroid dienone is 3. The van der Waals surface area contributed by atoms with Gasteiger partial charge in [0.05, 0.1) is 39.9 Å². The van der Waals surface area contributed by atoms with Crippen molar-refractivity contribution in [1.29, 1.82) is 0 Å². The Labute approximate surface area is 443 Å². The zero-order valence-electron chi connectivity index (χ0n) is 48.2. The maximum Gasteiger partial charge on any atom is 0.268 e. The number of phosphoric acid groups is 1. The molecule has 0 bridgehead atoms. The van der Waals surface area contributed by atoms with Gasteiger partial charge in [-0.2, -0.15) is 0 Å². The van der Waals surface area contributed by atoms with E-state index in [4.69, 9.17) is 9.05 Å². The fourth-order valence-corrected chi connectivity index (χ4v) is 10.2. The molecule has 0 fully saturated rings. The predicted octanol–water partition coefficient (Wildman–Crippen LogP) is 18.5. The van der Waals surface area contributed by atoms with Gasteiger partial charge in [0, 0.05) is 6.42 Å². The molecule has 0 aromatic heterocycles. The Morgan fingerprint density at radius 3 is 1.10 bits per heavy atom. The number of likely N-dealkylation sites (N-methyl/N-ethyl adjacent to an activating group) is 1. The summed E-state index contributed by atoms with van der Waals surface area (Å²) in [6.45, 7) is 4.69. The summed E-state index contributed by atoms with van der Waals surface area (Å²) >= 11 is 0. The Bertz CT molecular complexity index is 1210. The molecule has 0 rings (SSSR count). The lowest BCUT2D eigenvalue weighted by molar-refractivity contribution is -0.870. The predicted molar refractivity (Wildman–Crippen MR) is 307 cm³/mol. The van der Waals surface area contributed by atoms with E-state index in [1.807, 2.05) is 27.2 Å². The molecular weight excluding hydrogens is 900 g/mol. The van der Waals surface area contributed by atoms with Crippen LogP contribution in [0.25, 0.3) is 0 Å². The second kappa shape index (κ2) is 53.8. The van der Waals surface area contributed by atoms with Crippen molar-refractivity contribution in [2.24, 2.45) is 0 Å². The summed E-state index contributed by atoms with van der Waals surface area (Å²) in [6.07, 6.45) is 68.5. The molecule has 0 heterocycles. The summed E-state index contributed by atoms with van der Waals surface area (Å²) in [5, 5.41) is 13.9. The highest BCUT2D eigenvalue weighted by atomic mass is 31.2. The fraction of sp³-hybridized carbons (Fsp3) is 0.919. The summed E-state index contributed by atoms with van der Waals surface area (Å²) in [5.41, 5.74) is 0. The minimum Gasteiger partial charge on any atom is -0.756 e. The third kappa shape index (κ3) is 56.5. The van der Waals surface area contributed by atoms with Gasteiger partial charge < -0.3 is 28.8 Å². The molecule has 3 unspecified atom stereocenters. The van der Waals surface area contributed by atoms with Gasteiger partial charge in [0.15, 0.2) is 0 Å². The molecular formula is C62H123N2O6P. The van der Waals surface area contributed by atoms with Crippen LogP contribution in [0.1, 0.15) is 316 Å². The second-order valence-corrected chi connectivity index (χ2v) is 24.2. The minimum absolute atomic E-state index is 0.000148. The van der Waals surface area contributed by atoms with Gasteiger partial charge >= 0.3 is 0 Å². The molecule has 8 nitrogen and oxygen atoms in total. The summed E-state index contributed by atoms with van der Waals surface area (Å²) < 4.78 is 23.4. The number of carbonyl (C=O) groups is 1. The van der Waals surface area contributed by atoms with Crippen molar-refractivity contribution in [1.82, 2.24) is 5.32 Å². The first-order valence-electron chi connectivity index (χ1n) is 31.2. The first-order chi connectivity index (χ1) is 34.5. The van der Waals surface area contributed by atoms with E-state index < -0.39 is 20.0 Å². The van der Waals surface area contributed by atoms with Gasteiger partial charge in [-0.25, -0.2) is 0 Å². The molecule has 0 radical (unpaired) electrons. The average molecular weight is 1020 g/mol. The number of amides is 1. The Morgan fingerprint density at radius 2 is 0.775 bits per heavy atom. The first kappa shape index (κ1) is 70.0. The van der Waals surface area contributed by atoms with Crippen LogP contribution in [0.3, 0.4) is 0 Å². The average Bonchev–Trinajstić information content (AvgIpc) is 3.33. The SMILES string of the molecule is CCCCCCCCC/C=C\CCCCCCCCCC(=O)NC(COP(=O)([O-])OCC[N+](C)(C)C)C(O)/C=C/CCCCCCCCCCCCCCCCCCCCCCCCCCCCCCC. The largest absolute Gasteiger partial charge is 0.756 e. The molecule has 1 amide bonds. The van der Waals surface area contributed by atoms with Gasteiger partial charge in [0.1, 0.15) is 13.2 Å². The van der Waals surface area contributed by atoms with E-state index >= 15 is 0 Å². The number of rotatable bonds is 58. The van der Waals surface area contributed by atoms with Crippen LogP contribution < -0.4 is 10.2 Å². The summed E-state index contributed by atoms with van der Waals surface area (Å²) in [5.74, 6) is -0.197. The van der Waals surface area contributed by atoms with Crippen molar-refractivity contribution >= 4 is 13.7 Å². The Hall–Kier alpha value is -1.02. The number of nitrogens with zero attached hydrogens (tertiary/aromatic N) is 1. The van der Waals surface area contributed by atoms with Crippen molar-refractivity contribution in [3.63, 3.8) is 0 Å². The van der Waals surface area contributed by atoms with E-state index in [2.05, 4.69) is 31.3 Å². The third-order valence-corrected chi connectivity index (χ3v) is 15.4.